The zero-order valence-electron chi connectivity index (χ0n) is 16.0. The summed E-state index contributed by atoms with van der Waals surface area (Å²) in [5.74, 6) is 1.60. The molecule has 0 bridgehead atoms. The number of ether oxygens (including phenoxy) is 1. The molecular weight excluding hydrogens is 392 g/mol. The molecule has 3 heterocycles. The van der Waals surface area contributed by atoms with E-state index in [2.05, 4.69) is 25.8 Å². The molecule has 1 aromatic carbocycles. The molecule has 0 aliphatic carbocycles. The smallest absolute Gasteiger partial charge is 0.236 e. The molecule has 0 unspecified atom stereocenters. The molecule has 9 nitrogen and oxygen atoms in total. The SMILES string of the molecule is COc1ccccc1-n1ncc2c(C)nnc(SCC(=O)Nc3cc(C)on3)c21. The number of carbonyl (C=O) groups excluding carboxylic acids is 1. The zero-order valence-corrected chi connectivity index (χ0v) is 16.9. The minimum absolute atomic E-state index is 0.135. The van der Waals surface area contributed by atoms with Gasteiger partial charge in [-0.2, -0.15) is 10.2 Å². The maximum atomic E-state index is 12.3. The Bertz CT molecular complexity index is 1190. The Kier molecular flexibility index (Phi) is 5.17. The van der Waals surface area contributed by atoms with Gasteiger partial charge < -0.3 is 14.6 Å². The van der Waals surface area contributed by atoms with E-state index in [-0.39, 0.29) is 11.7 Å². The summed E-state index contributed by atoms with van der Waals surface area (Å²) in [7, 11) is 1.61. The predicted octanol–water partition coefficient (Wildman–Crippen LogP) is 3.16. The average molecular weight is 410 g/mol. The van der Waals surface area contributed by atoms with Crippen molar-refractivity contribution in [1.29, 1.82) is 0 Å². The van der Waals surface area contributed by atoms with E-state index in [1.165, 1.54) is 11.8 Å². The maximum absolute atomic E-state index is 12.3. The number of nitrogens with one attached hydrogen (secondary N) is 1. The third-order valence-electron chi connectivity index (χ3n) is 4.20. The first-order chi connectivity index (χ1) is 14.1. The van der Waals surface area contributed by atoms with Crippen molar-refractivity contribution in [3.05, 3.63) is 48.0 Å². The van der Waals surface area contributed by atoms with Gasteiger partial charge in [-0.1, -0.05) is 29.1 Å². The Morgan fingerprint density at radius 2 is 2.10 bits per heavy atom. The number of nitrogens with zero attached hydrogens (tertiary/aromatic N) is 5. The average Bonchev–Trinajstić information content (AvgIpc) is 3.34. The van der Waals surface area contributed by atoms with Crippen LogP contribution in [-0.2, 0) is 4.79 Å². The molecule has 0 saturated carbocycles. The van der Waals surface area contributed by atoms with Gasteiger partial charge in [-0.15, -0.1) is 5.10 Å². The number of fused-ring (bicyclic) bond motifs is 1. The van der Waals surface area contributed by atoms with Gasteiger partial charge >= 0.3 is 0 Å². The zero-order chi connectivity index (χ0) is 20.4. The van der Waals surface area contributed by atoms with E-state index in [0.29, 0.717) is 22.4 Å². The lowest BCUT2D eigenvalue weighted by molar-refractivity contribution is -0.113. The van der Waals surface area contributed by atoms with Crippen LogP contribution in [-0.4, -0.2) is 43.9 Å². The standard InChI is InChI=1S/C19H18N6O3S/c1-11-8-16(24-28-11)21-17(26)10-29-19-18-13(12(2)22-23-19)9-20-25(18)14-6-4-5-7-15(14)27-3/h4-9H,10H2,1-3H3,(H,21,24,26). The van der Waals surface area contributed by atoms with Crippen molar-refractivity contribution in [2.75, 3.05) is 18.2 Å². The quantitative estimate of drug-likeness (QED) is 0.483. The Labute approximate surface area is 170 Å². The third kappa shape index (κ3) is 3.79. The number of methoxy groups -OCH3 is 1. The first kappa shape index (κ1) is 18.9. The highest BCUT2D eigenvalue weighted by Gasteiger charge is 2.18. The van der Waals surface area contributed by atoms with Crippen LogP contribution in [0.2, 0.25) is 0 Å². The molecule has 3 aromatic heterocycles. The molecule has 4 aromatic rings. The van der Waals surface area contributed by atoms with Crippen LogP contribution in [0.3, 0.4) is 0 Å². The van der Waals surface area contributed by atoms with Crippen LogP contribution in [0.15, 0.2) is 46.1 Å². The van der Waals surface area contributed by atoms with Crippen molar-refractivity contribution >= 4 is 34.4 Å². The largest absolute Gasteiger partial charge is 0.494 e. The first-order valence-electron chi connectivity index (χ1n) is 8.77. The van der Waals surface area contributed by atoms with Gasteiger partial charge in [0.05, 0.1) is 24.8 Å². The number of rotatable bonds is 6. The molecule has 1 amide bonds. The second kappa shape index (κ2) is 7.92. The minimum Gasteiger partial charge on any atom is -0.494 e. The second-order valence-corrected chi connectivity index (χ2v) is 7.20. The van der Waals surface area contributed by atoms with Crippen molar-refractivity contribution in [2.24, 2.45) is 0 Å². The van der Waals surface area contributed by atoms with Crippen molar-refractivity contribution in [1.82, 2.24) is 25.1 Å². The Morgan fingerprint density at radius 1 is 1.28 bits per heavy atom. The number of para-hydroxylation sites is 2. The van der Waals surface area contributed by atoms with E-state index >= 15 is 0 Å². The van der Waals surface area contributed by atoms with Crippen molar-refractivity contribution < 1.29 is 14.1 Å². The lowest BCUT2D eigenvalue weighted by Gasteiger charge is -2.11. The van der Waals surface area contributed by atoms with Crippen molar-refractivity contribution in [3.63, 3.8) is 0 Å². The molecule has 148 valence electrons. The molecule has 0 atom stereocenters. The lowest BCUT2D eigenvalue weighted by Crippen LogP contribution is -2.14. The van der Waals surface area contributed by atoms with E-state index in [0.717, 1.165) is 22.3 Å². The van der Waals surface area contributed by atoms with Gasteiger partial charge in [0.15, 0.2) is 5.82 Å². The van der Waals surface area contributed by atoms with E-state index in [4.69, 9.17) is 9.26 Å². The van der Waals surface area contributed by atoms with E-state index < -0.39 is 0 Å². The molecule has 1 N–H and O–H groups in total. The highest BCUT2D eigenvalue weighted by Crippen LogP contribution is 2.31. The second-order valence-electron chi connectivity index (χ2n) is 6.24. The molecule has 10 heteroatoms. The van der Waals surface area contributed by atoms with Crippen LogP contribution in [0.25, 0.3) is 16.6 Å². The van der Waals surface area contributed by atoms with Gasteiger partial charge in [0.2, 0.25) is 5.91 Å². The lowest BCUT2D eigenvalue weighted by atomic mass is 10.2. The summed E-state index contributed by atoms with van der Waals surface area (Å²) in [5, 5.41) is 20.9. The predicted molar refractivity (Wildman–Crippen MR) is 109 cm³/mol. The van der Waals surface area contributed by atoms with Gasteiger partial charge in [0.25, 0.3) is 0 Å². The number of amides is 1. The number of carbonyl (C=O) groups is 1. The summed E-state index contributed by atoms with van der Waals surface area (Å²) in [6.07, 6.45) is 1.74. The van der Waals surface area contributed by atoms with Crippen LogP contribution in [0, 0.1) is 13.8 Å². The number of hydrogen-bond donors (Lipinski definition) is 1. The number of aryl methyl sites for hydroxylation is 2. The fourth-order valence-corrected chi connectivity index (χ4v) is 3.64. The fraction of sp³-hybridized carbons (Fsp3) is 0.211. The minimum atomic E-state index is -0.220. The highest BCUT2D eigenvalue weighted by molar-refractivity contribution is 8.00. The molecule has 29 heavy (non-hydrogen) atoms. The van der Waals surface area contributed by atoms with Crippen LogP contribution in [0.1, 0.15) is 11.5 Å². The van der Waals surface area contributed by atoms with E-state index in [1.807, 2.05) is 31.2 Å². The first-order valence-corrected chi connectivity index (χ1v) is 9.75. The van der Waals surface area contributed by atoms with Gasteiger partial charge in [-0.3, -0.25) is 4.79 Å². The van der Waals surface area contributed by atoms with E-state index in [9.17, 15) is 4.79 Å². The number of aromatic nitrogens is 5. The molecule has 4 rings (SSSR count). The number of thioether (sulfide) groups is 1. The Hall–Kier alpha value is -3.40. The molecule has 0 aliphatic heterocycles. The molecule has 0 saturated heterocycles. The summed E-state index contributed by atoms with van der Waals surface area (Å²) >= 11 is 1.27. The molecule has 0 aliphatic rings. The summed E-state index contributed by atoms with van der Waals surface area (Å²) in [5.41, 5.74) is 2.31. The van der Waals surface area contributed by atoms with Crippen LogP contribution < -0.4 is 10.1 Å². The number of hydrogen-bond acceptors (Lipinski definition) is 8. The monoisotopic (exact) mass is 410 g/mol. The molecular formula is C19H18N6O3S. The van der Waals surface area contributed by atoms with Gasteiger partial charge in [-0.05, 0) is 26.0 Å². The summed E-state index contributed by atoms with van der Waals surface area (Å²) < 4.78 is 12.2. The topological polar surface area (TPSA) is 108 Å². The summed E-state index contributed by atoms with van der Waals surface area (Å²) in [6.45, 7) is 3.63. The Balaban J connectivity index is 1.65. The molecule has 0 radical (unpaired) electrons. The Morgan fingerprint density at radius 3 is 2.86 bits per heavy atom. The molecule has 0 fully saturated rings. The number of benzene rings is 1. The van der Waals surface area contributed by atoms with Gasteiger partial charge in [-0.25, -0.2) is 4.68 Å². The van der Waals surface area contributed by atoms with Gasteiger partial charge in [0.1, 0.15) is 27.7 Å². The summed E-state index contributed by atoms with van der Waals surface area (Å²) in [4.78, 5) is 12.3. The fourth-order valence-electron chi connectivity index (χ4n) is 2.86. The van der Waals surface area contributed by atoms with Crippen molar-refractivity contribution in [2.45, 2.75) is 18.9 Å². The maximum Gasteiger partial charge on any atom is 0.236 e. The van der Waals surface area contributed by atoms with E-state index in [1.54, 1.807) is 31.0 Å². The highest BCUT2D eigenvalue weighted by atomic mass is 32.2. The van der Waals surface area contributed by atoms with Crippen LogP contribution in [0.4, 0.5) is 5.82 Å². The number of anilines is 1. The van der Waals surface area contributed by atoms with Crippen LogP contribution in [0.5, 0.6) is 5.75 Å². The van der Waals surface area contributed by atoms with Crippen LogP contribution >= 0.6 is 11.8 Å². The van der Waals surface area contributed by atoms with Gasteiger partial charge in [0, 0.05) is 11.5 Å². The van der Waals surface area contributed by atoms with Crippen molar-refractivity contribution in [3.8, 4) is 11.4 Å². The summed E-state index contributed by atoms with van der Waals surface area (Å²) in [6, 6.07) is 9.24. The normalized spacial score (nSPS) is 11.0. The molecule has 0 spiro atoms. The third-order valence-corrected chi connectivity index (χ3v) is 5.16.